The molecule has 102 valence electrons. The normalized spacial score (nSPS) is 16.9. The van der Waals surface area contributed by atoms with E-state index in [1.807, 2.05) is 36.4 Å². The number of hydrogen-bond donors (Lipinski definition) is 0. The Kier molecular flexibility index (Phi) is 3.18. The van der Waals surface area contributed by atoms with Gasteiger partial charge in [0.1, 0.15) is 0 Å². The molecule has 0 aliphatic heterocycles. The van der Waals surface area contributed by atoms with Crippen molar-refractivity contribution in [1.29, 1.82) is 0 Å². The molecule has 0 amide bonds. The number of Topliss-reactive ketones (excluding diaryl/α,β-unsaturated/α-hetero) is 1. The number of rotatable bonds is 3. The van der Waals surface area contributed by atoms with Crippen molar-refractivity contribution in [2.45, 2.75) is 12.3 Å². The quantitative estimate of drug-likeness (QED) is 0.857. The second-order valence-electron chi connectivity index (χ2n) is 4.90. The van der Waals surface area contributed by atoms with Crippen LogP contribution in [0.3, 0.4) is 0 Å². The molecule has 1 atom stereocenters. The number of fused-ring (bicyclic) bond motifs is 1. The Morgan fingerprint density at radius 2 is 1.65 bits per heavy atom. The van der Waals surface area contributed by atoms with Gasteiger partial charge in [-0.3, -0.25) is 4.79 Å². The summed E-state index contributed by atoms with van der Waals surface area (Å²) in [7, 11) is 3.19. The third-order valence-electron chi connectivity index (χ3n) is 3.82. The van der Waals surface area contributed by atoms with Gasteiger partial charge in [0.2, 0.25) is 0 Å². The zero-order valence-corrected chi connectivity index (χ0v) is 11.6. The molecule has 0 bridgehead atoms. The Balaban J connectivity index is 2.02. The Bertz CT molecular complexity index is 647. The highest BCUT2D eigenvalue weighted by atomic mass is 16.5. The minimum atomic E-state index is -0.0944. The molecule has 1 unspecified atom stereocenters. The summed E-state index contributed by atoms with van der Waals surface area (Å²) < 4.78 is 10.6. The van der Waals surface area contributed by atoms with Crippen LogP contribution in [-0.4, -0.2) is 20.0 Å². The van der Waals surface area contributed by atoms with Gasteiger partial charge < -0.3 is 9.47 Å². The zero-order chi connectivity index (χ0) is 14.1. The smallest absolute Gasteiger partial charge is 0.171 e. The van der Waals surface area contributed by atoms with Gasteiger partial charge in [-0.15, -0.1) is 0 Å². The second kappa shape index (κ2) is 5.00. The topological polar surface area (TPSA) is 35.5 Å². The van der Waals surface area contributed by atoms with Gasteiger partial charge in [-0.25, -0.2) is 0 Å². The van der Waals surface area contributed by atoms with Crippen LogP contribution in [0.1, 0.15) is 27.4 Å². The van der Waals surface area contributed by atoms with E-state index in [0.717, 1.165) is 23.1 Å². The highest BCUT2D eigenvalue weighted by molar-refractivity contribution is 6.05. The van der Waals surface area contributed by atoms with Crippen LogP contribution in [0.5, 0.6) is 11.5 Å². The van der Waals surface area contributed by atoms with Crippen molar-refractivity contribution in [2.75, 3.05) is 14.2 Å². The van der Waals surface area contributed by atoms with Crippen molar-refractivity contribution in [3.63, 3.8) is 0 Å². The largest absolute Gasteiger partial charge is 0.493 e. The molecule has 0 saturated heterocycles. The van der Waals surface area contributed by atoms with Gasteiger partial charge in [0.05, 0.1) is 20.1 Å². The summed E-state index contributed by atoms with van der Waals surface area (Å²) in [5.74, 6) is 1.34. The predicted octanol–water partition coefficient (Wildman–Crippen LogP) is 3.23. The lowest BCUT2D eigenvalue weighted by molar-refractivity contribution is 0.0972. The molecule has 2 aromatic rings. The fourth-order valence-electron chi connectivity index (χ4n) is 2.77. The molecule has 0 saturated carbocycles. The molecule has 3 heteroatoms. The van der Waals surface area contributed by atoms with Crippen molar-refractivity contribution in [3.05, 3.63) is 59.2 Å². The minimum Gasteiger partial charge on any atom is -0.493 e. The van der Waals surface area contributed by atoms with Gasteiger partial charge in [-0.05, 0) is 29.7 Å². The molecular formula is C17H16O3. The first-order valence-corrected chi connectivity index (χ1v) is 6.58. The molecule has 0 aromatic heterocycles. The van der Waals surface area contributed by atoms with Gasteiger partial charge >= 0.3 is 0 Å². The third kappa shape index (κ3) is 1.95. The van der Waals surface area contributed by atoms with Crippen LogP contribution in [0, 0.1) is 0 Å². The summed E-state index contributed by atoms with van der Waals surface area (Å²) in [5.41, 5.74) is 2.84. The van der Waals surface area contributed by atoms with E-state index >= 15 is 0 Å². The van der Waals surface area contributed by atoms with E-state index in [2.05, 4.69) is 0 Å². The van der Waals surface area contributed by atoms with E-state index in [9.17, 15) is 4.79 Å². The lowest BCUT2D eigenvalue weighted by Gasteiger charge is -2.09. The van der Waals surface area contributed by atoms with Gasteiger partial charge in [-0.2, -0.15) is 0 Å². The lowest BCUT2D eigenvalue weighted by Crippen LogP contribution is -2.06. The molecule has 1 aliphatic carbocycles. The van der Waals surface area contributed by atoms with Crippen LogP contribution in [-0.2, 0) is 6.42 Å². The summed E-state index contributed by atoms with van der Waals surface area (Å²) in [6.07, 6.45) is 0.721. The highest BCUT2D eigenvalue weighted by Gasteiger charge is 2.32. The van der Waals surface area contributed by atoms with E-state index in [0.29, 0.717) is 11.5 Å². The highest BCUT2D eigenvalue weighted by Crippen LogP contribution is 2.39. The van der Waals surface area contributed by atoms with Crippen LogP contribution in [0.15, 0.2) is 42.5 Å². The molecule has 1 aliphatic rings. The summed E-state index contributed by atoms with van der Waals surface area (Å²) in [6.45, 7) is 0. The fourth-order valence-corrected chi connectivity index (χ4v) is 2.77. The number of ketones is 1. The maximum atomic E-state index is 12.6. The second-order valence-corrected chi connectivity index (χ2v) is 4.90. The fraction of sp³-hybridized carbons (Fsp3) is 0.235. The number of hydrogen-bond acceptors (Lipinski definition) is 3. The maximum absolute atomic E-state index is 12.6. The van der Waals surface area contributed by atoms with Crippen molar-refractivity contribution < 1.29 is 14.3 Å². The number of benzene rings is 2. The molecule has 2 aromatic carbocycles. The van der Waals surface area contributed by atoms with Crippen LogP contribution in [0.25, 0.3) is 0 Å². The summed E-state index contributed by atoms with van der Waals surface area (Å²) >= 11 is 0. The van der Waals surface area contributed by atoms with E-state index in [4.69, 9.17) is 9.47 Å². The van der Waals surface area contributed by atoms with Gasteiger partial charge in [-0.1, -0.05) is 30.3 Å². The summed E-state index contributed by atoms with van der Waals surface area (Å²) in [5, 5.41) is 0. The molecular weight excluding hydrogens is 252 g/mol. The first-order valence-electron chi connectivity index (χ1n) is 6.58. The SMILES string of the molecule is COc1cc2c(cc1OC)C(=O)C(c1ccccc1)C2. The lowest BCUT2D eigenvalue weighted by atomic mass is 9.95. The van der Waals surface area contributed by atoms with Crippen LogP contribution in [0.2, 0.25) is 0 Å². The summed E-state index contributed by atoms with van der Waals surface area (Å²) in [6, 6.07) is 13.6. The van der Waals surface area contributed by atoms with Crippen LogP contribution >= 0.6 is 0 Å². The van der Waals surface area contributed by atoms with Gasteiger partial charge in [0.15, 0.2) is 17.3 Å². The standard InChI is InChI=1S/C17H16O3/c1-19-15-9-12-8-13(11-6-4-3-5-7-11)17(18)14(12)10-16(15)20-2/h3-7,9-10,13H,8H2,1-2H3. The van der Waals surface area contributed by atoms with E-state index < -0.39 is 0 Å². The van der Waals surface area contributed by atoms with E-state index in [1.165, 1.54) is 0 Å². The third-order valence-corrected chi connectivity index (χ3v) is 3.82. The molecule has 20 heavy (non-hydrogen) atoms. The number of methoxy groups -OCH3 is 2. The van der Waals surface area contributed by atoms with Crippen molar-refractivity contribution >= 4 is 5.78 Å². The predicted molar refractivity (Wildman–Crippen MR) is 76.8 cm³/mol. The Labute approximate surface area is 118 Å². The first-order chi connectivity index (χ1) is 9.74. The molecule has 0 heterocycles. The molecule has 0 N–H and O–H groups in total. The molecule has 3 rings (SSSR count). The number of ether oxygens (including phenoxy) is 2. The average molecular weight is 268 g/mol. The monoisotopic (exact) mass is 268 g/mol. The molecule has 3 nitrogen and oxygen atoms in total. The minimum absolute atomic E-state index is 0.0944. The molecule has 0 spiro atoms. The van der Waals surface area contributed by atoms with Gasteiger partial charge in [0, 0.05) is 5.56 Å². The Hall–Kier alpha value is -2.29. The summed E-state index contributed by atoms with van der Waals surface area (Å²) in [4.78, 5) is 12.6. The van der Waals surface area contributed by atoms with Crippen LogP contribution < -0.4 is 9.47 Å². The van der Waals surface area contributed by atoms with Crippen LogP contribution in [0.4, 0.5) is 0 Å². The van der Waals surface area contributed by atoms with Crippen molar-refractivity contribution in [1.82, 2.24) is 0 Å². The molecule has 0 fully saturated rings. The molecule has 0 radical (unpaired) electrons. The van der Waals surface area contributed by atoms with E-state index in [1.54, 1.807) is 20.3 Å². The van der Waals surface area contributed by atoms with Crippen molar-refractivity contribution in [3.8, 4) is 11.5 Å². The average Bonchev–Trinajstić information content (AvgIpc) is 2.83. The number of carbonyl (C=O) groups excluding carboxylic acids is 1. The maximum Gasteiger partial charge on any atom is 0.171 e. The zero-order valence-electron chi connectivity index (χ0n) is 11.6. The number of carbonyl (C=O) groups is 1. The Morgan fingerprint density at radius 1 is 1.00 bits per heavy atom. The van der Waals surface area contributed by atoms with E-state index in [-0.39, 0.29) is 11.7 Å². The van der Waals surface area contributed by atoms with Crippen molar-refractivity contribution in [2.24, 2.45) is 0 Å². The van der Waals surface area contributed by atoms with Gasteiger partial charge in [0.25, 0.3) is 0 Å². The Morgan fingerprint density at radius 3 is 2.30 bits per heavy atom. The first kappa shape index (κ1) is 12.7.